The van der Waals surface area contributed by atoms with Crippen molar-refractivity contribution >= 4 is 27.7 Å². The van der Waals surface area contributed by atoms with E-state index >= 15 is 0 Å². The molecule has 1 fully saturated rings. The van der Waals surface area contributed by atoms with Crippen molar-refractivity contribution in [2.75, 3.05) is 39.8 Å². The number of rotatable bonds is 3. The summed E-state index contributed by atoms with van der Waals surface area (Å²) in [5.41, 5.74) is 0.547. The smallest absolute Gasteiger partial charge is 0.252 e. The lowest BCUT2D eigenvalue weighted by atomic mass is 10.2. The van der Waals surface area contributed by atoms with E-state index in [0.717, 1.165) is 37.1 Å². The molecule has 1 saturated heterocycles. The van der Waals surface area contributed by atoms with E-state index in [1.165, 1.54) is 4.90 Å². The maximum absolute atomic E-state index is 12.2. The van der Waals surface area contributed by atoms with E-state index in [1.54, 1.807) is 12.1 Å². The molecular formula is C15H21BrN3O2+. The van der Waals surface area contributed by atoms with Crippen LogP contribution in [-0.2, 0) is 4.79 Å². The highest BCUT2D eigenvalue weighted by Crippen LogP contribution is 2.15. The highest BCUT2D eigenvalue weighted by Gasteiger charge is 2.20. The molecule has 21 heavy (non-hydrogen) atoms. The fraction of sp³-hybridized carbons (Fsp3) is 0.467. The predicted octanol–water partition coefficient (Wildman–Crippen LogP) is -0.0741. The summed E-state index contributed by atoms with van der Waals surface area (Å²) in [6.45, 7) is 3.65. The van der Waals surface area contributed by atoms with Crippen molar-refractivity contribution in [3.63, 3.8) is 0 Å². The summed E-state index contributed by atoms with van der Waals surface area (Å²) in [6.07, 6.45) is 1.01. The van der Waals surface area contributed by atoms with E-state index in [1.807, 2.05) is 17.0 Å². The van der Waals surface area contributed by atoms with Crippen LogP contribution in [0.2, 0.25) is 0 Å². The van der Waals surface area contributed by atoms with Crippen LogP contribution in [0.3, 0.4) is 0 Å². The lowest BCUT2D eigenvalue weighted by Crippen LogP contribution is -3.09. The Morgan fingerprint density at radius 1 is 1.29 bits per heavy atom. The molecule has 2 rings (SSSR count). The standard InChI is InChI=1S/C15H20BrN3O2/c1-18-7-4-8-19(10-9-18)14(20)11-17-15(21)12-5-2-3-6-13(12)16/h2-3,5-6H,4,7-11H2,1H3,(H,17,21)/p+1. The van der Waals surface area contributed by atoms with Gasteiger partial charge in [0.05, 0.1) is 38.8 Å². The average molecular weight is 355 g/mol. The fourth-order valence-electron chi connectivity index (χ4n) is 2.39. The Morgan fingerprint density at radius 3 is 2.81 bits per heavy atom. The molecule has 0 aliphatic carbocycles. The van der Waals surface area contributed by atoms with Gasteiger partial charge in [-0.05, 0) is 28.1 Å². The average Bonchev–Trinajstić information content (AvgIpc) is 2.69. The van der Waals surface area contributed by atoms with Crippen molar-refractivity contribution in [2.45, 2.75) is 6.42 Å². The first-order valence-electron chi connectivity index (χ1n) is 7.19. The number of benzene rings is 1. The topological polar surface area (TPSA) is 53.9 Å². The molecule has 1 unspecified atom stereocenters. The van der Waals surface area contributed by atoms with Crippen molar-refractivity contribution in [1.29, 1.82) is 0 Å². The summed E-state index contributed by atoms with van der Waals surface area (Å²) in [6, 6.07) is 7.19. The number of quaternary nitrogens is 1. The third-order valence-corrected chi connectivity index (χ3v) is 4.40. The molecule has 0 spiro atoms. The molecule has 1 aromatic carbocycles. The Morgan fingerprint density at radius 2 is 2.05 bits per heavy atom. The van der Waals surface area contributed by atoms with Gasteiger partial charge >= 0.3 is 0 Å². The second-order valence-electron chi connectivity index (χ2n) is 5.35. The minimum Gasteiger partial charge on any atom is -0.343 e. The summed E-state index contributed by atoms with van der Waals surface area (Å²) in [5, 5.41) is 2.70. The van der Waals surface area contributed by atoms with E-state index < -0.39 is 0 Å². The molecule has 0 radical (unpaired) electrons. The van der Waals surface area contributed by atoms with Gasteiger partial charge in [0.25, 0.3) is 5.91 Å². The van der Waals surface area contributed by atoms with Crippen LogP contribution in [0.15, 0.2) is 28.7 Å². The van der Waals surface area contributed by atoms with Gasteiger partial charge in [0.15, 0.2) is 0 Å². The highest BCUT2D eigenvalue weighted by molar-refractivity contribution is 9.10. The molecule has 1 aromatic rings. The van der Waals surface area contributed by atoms with E-state index in [4.69, 9.17) is 0 Å². The van der Waals surface area contributed by atoms with Crippen LogP contribution in [-0.4, -0.2) is 56.5 Å². The first kappa shape index (κ1) is 16.0. The molecule has 0 saturated carbocycles. The second-order valence-corrected chi connectivity index (χ2v) is 6.21. The Bertz CT molecular complexity index is 521. The first-order valence-corrected chi connectivity index (χ1v) is 7.99. The van der Waals surface area contributed by atoms with Gasteiger partial charge in [-0.2, -0.15) is 0 Å². The molecule has 1 aliphatic heterocycles. The number of likely N-dealkylation sites (N-methyl/N-ethyl adjacent to an activating group) is 1. The van der Waals surface area contributed by atoms with Gasteiger partial charge in [-0.1, -0.05) is 12.1 Å². The van der Waals surface area contributed by atoms with Crippen molar-refractivity contribution in [1.82, 2.24) is 10.2 Å². The Balaban J connectivity index is 1.86. The quantitative estimate of drug-likeness (QED) is 0.798. The molecule has 114 valence electrons. The predicted molar refractivity (Wildman–Crippen MR) is 84.3 cm³/mol. The zero-order chi connectivity index (χ0) is 15.2. The number of nitrogens with zero attached hydrogens (tertiary/aromatic N) is 1. The van der Waals surface area contributed by atoms with Gasteiger partial charge in [-0.15, -0.1) is 0 Å². The molecule has 0 bridgehead atoms. The molecule has 0 aromatic heterocycles. The SMILES string of the molecule is C[NH+]1CCCN(C(=O)CNC(=O)c2ccccc2Br)CC1. The monoisotopic (exact) mass is 354 g/mol. The largest absolute Gasteiger partial charge is 0.343 e. The van der Waals surface area contributed by atoms with Crippen molar-refractivity contribution in [3.05, 3.63) is 34.3 Å². The van der Waals surface area contributed by atoms with Crippen LogP contribution in [0.4, 0.5) is 0 Å². The van der Waals surface area contributed by atoms with Gasteiger partial charge in [-0.25, -0.2) is 0 Å². The minimum absolute atomic E-state index is 0.00916. The minimum atomic E-state index is -0.228. The molecular weight excluding hydrogens is 334 g/mol. The Kier molecular flexibility index (Phi) is 5.76. The van der Waals surface area contributed by atoms with Crippen LogP contribution in [0.25, 0.3) is 0 Å². The van der Waals surface area contributed by atoms with E-state index in [-0.39, 0.29) is 18.4 Å². The van der Waals surface area contributed by atoms with Crippen LogP contribution < -0.4 is 10.2 Å². The Hall–Kier alpha value is -1.40. The van der Waals surface area contributed by atoms with Crippen LogP contribution in [0.1, 0.15) is 16.8 Å². The summed E-state index contributed by atoms with van der Waals surface area (Å²) in [5.74, 6) is -0.238. The summed E-state index contributed by atoms with van der Waals surface area (Å²) < 4.78 is 0.731. The number of carbonyl (C=O) groups is 2. The molecule has 2 N–H and O–H groups in total. The summed E-state index contributed by atoms with van der Waals surface area (Å²) in [7, 11) is 2.14. The third kappa shape index (κ3) is 4.54. The van der Waals surface area contributed by atoms with Crippen LogP contribution in [0, 0.1) is 0 Å². The van der Waals surface area contributed by atoms with E-state index in [2.05, 4.69) is 28.3 Å². The zero-order valence-electron chi connectivity index (χ0n) is 12.2. The van der Waals surface area contributed by atoms with Gasteiger partial charge in [0.2, 0.25) is 5.91 Å². The number of hydrogen-bond donors (Lipinski definition) is 2. The van der Waals surface area contributed by atoms with Gasteiger partial charge in [0.1, 0.15) is 0 Å². The molecule has 5 nitrogen and oxygen atoms in total. The van der Waals surface area contributed by atoms with Gasteiger partial charge < -0.3 is 15.1 Å². The third-order valence-electron chi connectivity index (χ3n) is 3.71. The number of hydrogen-bond acceptors (Lipinski definition) is 2. The van der Waals surface area contributed by atoms with Crippen molar-refractivity contribution in [3.8, 4) is 0 Å². The molecule has 2 amide bonds. The van der Waals surface area contributed by atoms with Gasteiger partial charge in [0, 0.05) is 17.4 Å². The van der Waals surface area contributed by atoms with Gasteiger partial charge in [-0.3, -0.25) is 9.59 Å². The second kappa shape index (κ2) is 7.56. The number of halogens is 1. The lowest BCUT2D eigenvalue weighted by Gasteiger charge is -2.19. The normalized spacial score (nSPS) is 19.0. The van der Waals surface area contributed by atoms with E-state index in [0.29, 0.717) is 5.56 Å². The number of amides is 2. The molecule has 6 heteroatoms. The number of nitrogens with one attached hydrogen (secondary N) is 2. The zero-order valence-corrected chi connectivity index (χ0v) is 13.8. The van der Waals surface area contributed by atoms with E-state index in [9.17, 15) is 9.59 Å². The fourth-order valence-corrected chi connectivity index (χ4v) is 2.86. The summed E-state index contributed by atoms with van der Waals surface area (Å²) >= 11 is 3.34. The molecule has 1 aliphatic rings. The molecule has 1 atom stereocenters. The van der Waals surface area contributed by atoms with Crippen molar-refractivity contribution in [2.24, 2.45) is 0 Å². The maximum atomic E-state index is 12.2. The van der Waals surface area contributed by atoms with Crippen LogP contribution >= 0.6 is 15.9 Å². The Labute approximate surface area is 133 Å². The highest BCUT2D eigenvalue weighted by atomic mass is 79.9. The first-order chi connectivity index (χ1) is 10.1. The summed E-state index contributed by atoms with van der Waals surface area (Å²) in [4.78, 5) is 27.5. The maximum Gasteiger partial charge on any atom is 0.252 e. The molecule has 1 heterocycles. The number of carbonyl (C=O) groups excluding carboxylic acids is 2. The van der Waals surface area contributed by atoms with Crippen LogP contribution in [0.5, 0.6) is 0 Å². The lowest BCUT2D eigenvalue weighted by molar-refractivity contribution is -0.877. The van der Waals surface area contributed by atoms with Crippen molar-refractivity contribution < 1.29 is 14.5 Å².